The summed E-state index contributed by atoms with van der Waals surface area (Å²) < 4.78 is 5.37. The molecule has 5 nitrogen and oxygen atoms in total. The van der Waals surface area contributed by atoms with Crippen LogP contribution in [0.4, 0.5) is 5.69 Å². The van der Waals surface area contributed by atoms with E-state index in [0.29, 0.717) is 12.2 Å². The first-order chi connectivity index (χ1) is 9.20. The van der Waals surface area contributed by atoms with Gasteiger partial charge in [-0.3, -0.25) is 9.78 Å². The van der Waals surface area contributed by atoms with E-state index in [1.54, 1.807) is 6.20 Å². The molecule has 2 rings (SSSR count). The summed E-state index contributed by atoms with van der Waals surface area (Å²) in [5.74, 6) is -0.0843. The fraction of sp³-hybridized carbons (Fsp3) is 0.571. The molecule has 1 amide bonds. The van der Waals surface area contributed by atoms with Gasteiger partial charge in [0.15, 0.2) is 0 Å². The Kier molecular flexibility index (Phi) is 4.74. The van der Waals surface area contributed by atoms with Gasteiger partial charge in [0.1, 0.15) is 0 Å². The van der Waals surface area contributed by atoms with Crippen LogP contribution in [0.1, 0.15) is 35.8 Å². The molecule has 1 aliphatic heterocycles. The molecule has 5 heteroatoms. The third kappa shape index (κ3) is 3.67. The van der Waals surface area contributed by atoms with Crippen LogP contribution in [0.25, 0.3) is 0 Å². The molecule has 104 valence electrons. The average Bonchev–Trinajstić information content (AvgIpc) is 2.40. The van der Waals surface area contributed by atoms with Crippen molar-refractivity contribution >= 4 is 11.6 Å². The van der Waals surface area contributed by atoms with Crippen LogP contribution < -0.4 is 10.6 Å². The first-order valence-electron chi connectivity index (χ1n) is 6.80. The highest BCUT2D eigenvalue weighted by molar-refractivity contribution is 5.99. The third-order valence-corrected chi connectivity index (χ3v) is 3.15. The number of nitrogens with one attached hydrogen (secondary N) is 2. The van der Waals surface area contributed by atoms with Crippen molar-refractivity contribution in [3.63, 3.8) is 0 Å². The lowest BCUT2D eigenvalue weighted by atomic mass is 10.1. The minimum Gasteiger partial charge on any atom is -0.385 e. The zero-order valence-corrected chi connectivity index (χ0v) is 11.5. The van der Waals surface area contributed by atoms with Gasteiger partial charge in [-0.25, -0.2) is 0 Å². The molecular weight excluding hydrogens is 242 g/mol. The molecule has 0 aromatic carbocycles. The molecule has 2 heterocycles. The second-order valence-corrected chi connectivity index (χ2v) is 4.79. The lowest BCUT2D eigenvalue weighted by molar-refractivity contribution is 0.0624. The molecular formula is C14H21N3O2. The van der Waals surface area contributed by atoms with Crippen LogP contribution in [0.5, 0.6) is 0 Å². The quantitative estimate of drug-likeness (QED) is 0.868. The summed E-state index contributed by atoms with van der Waals surface area (Å²) in [5.41, 5.74) is 2.33. The Morgan fingerprint density at radius 1 is 1.58 bits per heavy atom. The Morgan fingerprint density at radius 2 is 2.42 bits per heavy atom. The SMILES string of the molecule is CCNc1cc(C)ncc1C(=O)NC1CCCOC1. The standard InChI is InChI=1S/C14H21N3O2/c1-3-15-13-7-10(2)16-8-12(13)14(18)17-11-5-4-6-19-9-11/h7-8,11H,3-6,9H2,1-2H3,(H,15,16)(H,17,18). The average molecular weight is 263 g/mol. The minimum atomic E-state index is -0.0843. The van der Waals surface area contributed by atoms with Gasteiger partial charge in [0.05, 0.1) is 23.9 Å². The van der Waals surface area contributed by atoms with Gasteiger partial charge in [0.25, 0.3) is 5.91 Å². The summed E-state index contributed by atoms with van der Waals surface area (Å²) in [5, 5.41) is 6.21. The predicted molar refractivity (Wildman–Crippen MR) is 74.4 cm³/mol. The fourth-order valence-electron chi connectivity index (χ4n) is 2.20. The molecule has 1 fully saturated rings. The Bertz CT molecular complexity index is 442. The van der Waals surface area contributed by atoms with Crippen molar-refractivity contribution in [3.05, 3.63) is 23.5 Å². The minimum absolute atomic E-state index is 0.0843. The van der Waals surface area contributed by atoms with E-state index in [-0.39, 0.29) is 11.9 Å². The van der Waals surface area contributed by atoms with E-state index in [2.05, 4.69) is 15.6 Å². The number of pyridine rings is 1. The molecule has 2 N–H and O–H groups in total. The zero-order chi connectivity index (χ0) is 13.7. The van der Waals surface area contributed by atoms with E-state index >= 15 is 0 Å². The van der Waals surface area contributed by atoms with Gasteiger partial charge in [0.2, 0.25) is 0 Å². The summed E-state index contributed by atoms with van der Waals surface area (Å²) in [6.45, 7) is 6.09. The van der Waals surface area contributed by atoms with E-state index in [1.807, 2.05) is 19.9 Å². The zero-order valence-electron chi connectivity index (χ0n) is 11.5. The second-order valence-electron chi connectivity index (χ2n) is 4.79. The highest BCUT2D eigenvalue weighted by Gasteiger charge is 2.19. The van der Waals surface area contributed by atoms with Crippen LogP contribution in [-0.4, -0.2) is 36.7 Å². The van der Waals surface area contributed by atoms with Crippen LogP contribution in [0.2, 0.25) is 0 Å². The molecule has 0 spiro atoms. The number of rotatable bonds is 4. The van der Waals surface area contributed by atoms with Gasteiger partial charge in [-0.1, -0.05) is 0 Å². The van der Waals surface area contributed by atoms with E-state index in [1.165, 1.54) is 0 Å². The van der Waals surface area contributed by atoms with E-state index in [0.717, 1.165) is 37.4 Å². The first kappa shape index (κ1) is 13.8. The summed E-state index contributed by atoms with van der Waals surface area (Å²) in [6, 6.07) is 2.01. The van der Waals surface area contributed by atoms with Crippen LogP contribution in [0.3, 0.4) is 0 Å². The Hall–Kier alpha value is -1.62. The highest BCUT2D eigenvalue weighted by atomic mass is 16.5. The van der Waals surface area contributed by atoms with Gasteiger partial charge >= 0.3 is 0 Å². The normalized spacial score (nSPS) is 18.9. The van der Waals surface area contributed by atoms with Crippen molar-refractivity contribution in [1.82, 2.24) is 10.3 Å². The Morgan fingerprint density at radius 3 is 3.11 bits per heavy atom. The maximum absolute atomic E-state index is 12.3. The number of amides is 1. The van der Waals surface area contributed by atoms with Crippen molar-refractivity contribution in [3.8, 4) is 0 Å². The van der Waals surface area contributed by atoms with E-state index < -0.39 is 0 Å². The summed E-state index contributed by atoms with van der Waals surface area (Å²) in [6.07, 6.45) is 3.60. The number of hydrogen-bond acceptors (Lipinski definition) is 4. The number of carbonyl (C=O) groups is 1. The first-order valence-corrected chi connectivity index (χ1v) is 6.80. The lowest BCUT2D eigenvalue weighted by Gasteiger charge is -2.23. The molecule has 1 aromatic heterocycles. The molecule has 1 aromatic rings. The van der Waals surface area contributed by atoms with Crippen molar-refractivity contribution in [2.24, 2.45) is 0 Å². The fourth-order valence-corrected chi connectivity index (χ4v) is 2.20. The number of carbonyl (C=O) groups excluding carboxylic acids is 1. The summed E-state index contributed by atoms with van der Waals surface area (Å²) in [7, 11) is 0. The Labute approximate surface area is 113 Å². The number of ether oxygens (including phenoxy) is 1. The van der Waals surface area contributed by atoms with Gasteiger partial charge < -0.3 is 15.4 Å². The van der Waals surface area contributed by atoms with Crippen molar-refractivity contribution in [1.29, 1.82) is 0 Å². The maximum atomic E-state index is 12.3. The number of aryl methyl sites for hydroxylation is 1. The second kappa shape index (κ2) is 6.52. The van der Waals surface area contributed by atoms with E-state index in [4.69, 9.17) is 4.74 Å². The monoisotopic (exact) mass is 263 g/mol. The van der Waals surface area contributed by atoms with Gasteiger partial charge in [0, 0.05) is 25.0 Å². The molecule has 0 saturated carbocycles. The lowest BCUT2D eigenvalue weighted by Crippen LogP contribution is -2.40. The van der Waals surface area contributed by atoms with Crippen molar-refractivity contribution < 1.29 is 9.53 Å². The van der Waals surface area contributed by atoms with E-state index in [9.17, 15) is 4.79 Å². The van der Waals surface area contributed by atoms with Crippen LogP contribution >= 0.6 is 0 Å². The predicted octanol–water partition coefficient (Wildman–Crippen LogP) is 1.73. The van der Waals surface area contributed by atoms with Gasteiger partial charge in [-0.2, -0.15) is 0 Å². The molecule has 1 atom stereocenters. The number of aromatic nitrogens is 1. The molecule has 0 radical (unpaired) electrons. The molecule has 0 aliphatic carbocycles. The van der Waals surface area contributed by atoms with Crippen molar-refractivity contribution in [2.45, 2.75) is 32.7 Å². The number of nitrogens with zero attached hydrogens (tertiary/aromatic N) is 1. The van der Waals surface area contributed by atoms with Crippen LogP contribution in [0, 0.1) is 6.92 Å². The van der Waals surface area contributed by atoms with Gasteiger partial charge in [-0.15, -0.1) is 0 Å². The van der Waals surface area contributed by atoms with Crippen LogP contribution in [0.15, 0.2) is 12.3 Å². The van der Waals surface area contributed by atoms with Gasteiger partial charge in [-0.05, 0) is 32.8 Å². The summed E-state index contributed by atoms with van der Waals surface area (Å²) in [4.78, 5) is 16.5. The number of hydrogen-bond donors (Lipinski definition) is 2. The molecule has 1 aliphatic rings. The molecule has 19 heavy (non-hydrogen) atoms. The highest BCUT2D eigenvalue weighted by Crippen LogP contribution is 2.16. The van der Waals surface area contributed by atoms with Crippen LogP contribution in [-0.2, 0) is 4.74 Å². The Balaban J connectivity index is 2.08. The van der Waals surface area contributed by atoms with Crippen molar-refractivity contribution in [2.75, 3.05) is 25.1 Å². The smallest absolute Gasteiger partial charge is 0.255 e. The largest absolute Gasteiger partial charge is 0.385 e. The molecule has 1 saturated heterocycles. The molecule has 0 bridgehead atoms. The molecule has 1 unspecified atom stereocenters. The summed E-state index contributed by atoms with van der Waals surface area (Å²) >= 11 is 0. The number of anilines is 1. The third-order valence-electron chi connectivity index (χ3n) is 3.15. The maximum Gasteiger partial charge on any atom is 0.255 e. The topological polar surface area (TPSA) is 63.2 Å².